The first kappa shape index (κ1) is 19.9. The Morgan fingerprint density at radius 1 is 1.14 bits per heavy atom. The second-order valence-corrected chi connectivity index (χ2v) is 8.44. The number of rotatable bonds is 4. The molecule has 0 radical (unpaired) electrons. The van der Waals surface area contributed by atoms with Crippen LogP contribution in [0.25, 0.3) is 11.1 Å². The van der Waals surface area contributed by atoms with Crippen molar-refractivity contribution in [3.05, 3.63) is 41.0 Å². The summed E-state index contributed by atoms with van der Waals surface area (Å²) in [5.74, 6) is 0.661. The van der Waals surface area contributed by atoms with Crippen LogP contribution in [0.4, 0.5) is 5.82 Å². The lowest BCUT2D eigenvalue weighted by Crippen LogP contribution is -2.21. The molecule has 2 N–H and O–H groups in total. The third kappa shape index (κ3) is 3.88. The molecule has 0 spiro atoms. The molecule has 0 aliphatic heterocycles. The van der Waals surface area contributed by atoms with Crippen molar-refractivity contribution in [2.45, 2.75) is 55.7 Å². The summed E-state index contributed by atoms with van der Waals surface area (Å²) in [7, 11) is 0. The summed E-state index contributed by atoms with van der Waals surface area (Å²) in [6.45, 7) is 4.22. The third-order valence-electron chi connectivity index (χ3n) is 5.03. The zero-order chi connectivity index (χ0) is 20.3. The summed E-state index contributed by atoms with van der Waals surface area (Å²) in [6, 6.07) is 12.1. The van der Waals surface area contributed by atoms with Crippen LogP contribution in [0.15, 0.2) is 29.3 Å². The zero-order valence-corrected chi connectivity index (χ0v) is 16.8. The van der Waals surface area contributed by atoms with Gasteiger partial charge in [0.2, 0.25) is 0 Å². The van der Waals surface area contributed by atoms with Crippen LogP contribution < -0.4 is 5.73 Å². The number of pyridine rings is 1. The third-order valence-corrected chi connectivity index (χ3v) is 6.34. The number of ketones is 1. The Morgan fingerprint density at radius 2 is 1.82 bits per heavy atom. The van der Waals surface area contributed by atoms with E-state index in [2.05, 4.69) is 31.0 Å². The van der Waals surface area contributed by atoms with E-state index in [1.807, 2.05) is 24.3 Å². The molecule has 1 unspecified atom stereocenters. The smallest absolute Gasteiger partial charge is 0.146 e. The largest absolute Gasteiger partial charge is 0.383 e. The number of hydrogen-bond donors (Lipinski definition) is 1. The number of anilines is 1. The first-order valence-corrected chi connectivity index (χ1v) is 10.3. The number of hydrogen-bond acceptors (Lipinski definition) is 6. The molecular formula is C22H22N4OS. The average molecular weight is 391 g/mol. The zero-order valence-electron chi connectivity index (χ0n) is 16.0. The topological polar surface area (TPSA) is 104 Å². The Morgan fingerprint density at radius 3 is 2.39 bits per heavy atom. The molecule has 2 aromatic rings. The number of carbonyl (C=O) groups excluding carboxylic acids is 1. The second kappa shape index (κ2) is 8.46. The van der Waals surface area contributed by atoms with Gasteiger partial charge in [0.15, 0.2) is 0 Å². The highest BCUT2D eigenvalue weighted by Crippen LogP contribution is 2.39. The fraction of sp³-hybridized carbons (Fsp3) is 0.364. The SMILES string of the molecule is CC(C)c1ccc(-c2c(C#N)c(N)nc(SC3CCCCC3=O)c2C#N)cc1. The van der Waals surface area contributed by atoms with Crippen LogP contribution in [-0.4, -0.2) is 16.0 Å². The van der Waals surface area contributed by atoms with E-state index in [0.29, 0.717) is 28.5 Å². The van der Waals surface area contributed by atoms with Crippen molar-refractivity contribution >= 4 is 23.4 Å². The number of aromatic nitrogens is 1. The maximum atomic E-state index is 12.2. The minimum absolute atomic E-state index is 0.0928. The molecule has 1 aromatic carbocycles. The minimum Gasteiger partial charge on any atom is -0.383 e. The van der Waals surface area contributed by atoms with Crippen LogP contribution in [-0.2, 0) is 4.79 Å². The Labute approximate surface area is 169 Å². The van der Waals surface area contributed by atoms with Crippen molar-refractivity contribution in [1.29, 1.82) is 10.5 Å². The van der Waals surface area contributed by atoms with Crippen molar-refractivity contribution in [1.82, 2.24) is 4.98 Å². The van der Waals surface area contributed by atoms with E-state index in [0.717, 1.165) is 24.8 Å². The maximum Gasteiger partial charge on any atom is 0.146 e. The molecule has 1 aromatic heterocycles. The quantitative estimate of drug-likeness (QED) is 0.804. The number of thioether (sulfide) groups is 1. The predicted octanol–water partition coefficient (Wildman–Crippen LogP) is 4.80. The van der Waals surface area contributed by atoms with Gasteiger partial charge in [0, 0.05) is 12.0 Å². The standard InChI is InChI=1S/C22H22N4OS/c1-13(2)14-7-9-15(10-8-14)20-16(11-23)21(25)26-22(17(20)12-24)28-19-6-4-3-5-18(19)27/h7-10,13,19H,3-6H2,1-2H3,(H2,25,26). The van der Waals surface area contributed by atoms with Gasteiger partial charge in [-0.15, -0.1) is 0 Å². The van der Waals surface area contributed by atoms with Crippen LogP contribution in [0.1, 0.15) is 62.1 Å². The van der Waals surface area contributed by atoms with Crippen LogP contribution in [0, 0.1) is 22.7 Å². The lowest BCUT2D eigenvalue weighted by atomic mass is 9.94. The highest BCUT2D eigenvalue weighted by Gasteiger charge is 2.27. The number of nitrogens with zero attached hydrogens (tertiary/aromatic N) is 3. The number of nitrogen functional groups attached to an aromatic ring is 1. The Balaban J connectivity index is 2.12. The summed E-state index contributed by atoms with van der Waals surface area (Å²) in [4.78, 5) is 16.6. The normalized spacial score (nSPS) is 16.6. The van der Waals surface area contributed by atoms with Crippen LogP contribution >= 0.6 is 11.8 Å². The summed E-state index contributed by atoms with van der Waals surface area (Å²) in [6.07, 6.45) is 3.24. The number of benzene rings is 1. The molecular weight excluding hydrogens is 368 g/mol. The van der Waals surface area contributed by atoms with E-state index in [-0.39, 0.29) is 22.4 Å². The molecule has 1 fully saturated rings. The number of carbonyl (C=O) groups is 1. The summed E-state index contributed by atoms with van der Waals surface area (Å²) < 4.78 is 0. The summed E-state index contributed by atoms with van der Waals surface area (Å²) >= 11 is 1.30. The molecule has 0 amide bonds. The predicted molar refractivity (Wildman–Crippen MR) is 111 cm³/mol. The lowest BCUT2D eigenvalue weighted by Gasteiger charge is -2.21. The maximum absolute atomic E-state index is 12.2. The van der Waals surface area contributed by atoms with Gasteiger partial charge >= 0.3 is 0 Å². The molecule has 1 aliphatic rings. The fourth-order valence-electron chi connectivity index (χ4n) is 3.42. The number of Topliss-reactive ketones (excluding diaryl/α,β-unsaturated/α-hetero) is 1. The average Bonchev–Trinajstić information content (AvgIpc) is 2.69. The van der Waals surface area contributed by atoms with Gasteiger partial charge in [0.05, 0.1) is 10.8 Å². The number of nitriles is 2. The molecule has 6 heteroatoms. The molecule has 0 bridgehead atoms. The molecule has 142 valence electrons. The van der Waals surface area contributed by atoms with Crippen LogP contribution in [0.2, 0.25) is 0 Å². The monoisotopic (exact) mass is 390 g/mol. The van der Waals surface area contributed by atoms with Crippen molar-refractivity contribution in [3.8, 4) is 23.3 Å². The lowest BCUT2D eigenvalue weighted by molar-refractivity contribution is -0.119. The van der Waals surface area contributed by atoms with Crippen molar-refractivity contribution in [3.63, 3.8) is 0 Å². The second-order valence-electron chi connectivity index (χ2n) is 7.25. The number of nitrogens with two attached hydrogens (primary N) is 1. The molecule has 1 heterocycles. The molecule has 1 atom stereocenters. The Kier molecular flexibility index (Phi) is 6.02. The van der Waals surface area contributed by atoms with Crippen molar-refractivity contribution in [2.24, 2.45) is 0 Å². The summed E-state index contributed by atoms with van der Waals surface area (Å²) in [5.41, 5.74) is 9.01. The molecule has 3 rings (SSSR count). The van der Waals surface area contributed by atoms with Gasteiger partial charge in [-0.3, -0.25) is 4.79 Å². The Hall–Kier alpha value is -2.83. The van der Waals surface area contributed by atoms with Crippen LogP contribution in [0.5, 0.6) is 0 Å². The van der Waals surface area contributed by atoms with Gasteiger partial charge in [-0.1, -0.05) is 56.3 Å². The highest BCUT2D eigenvalue weighted by molar-refractivity contribution is 8.00. The fourth-order valence-corrected chi connectivity index (χ4v) is 4.64. The van der Waals surface area contributed by atoms with E-state index in [9.17, 15) is 15.3 Å². The first-order chi connectivity index (χ1) is 13.5. The van der Waals surface area contributed by atoms with Gasteiger partial charge in [-0.2, -0.15) is 10.5 Å². The van der Waals surface area contributed by atoms with Crippen molar-refractivity contribution < 1.29 is 4.79 Å². The molecule has 28 heavy (non-hydrogen) atoms. The van der Waals surface area contributed by atoms with Gasteiger partial charge < -0.3 is 5.73 Å². The molecule has 5 nitrogen and oxygen atoms in total. The minimum atomic E-state index is -0.211. The van der Waals surface area contributed by atoms with Gasteiger partial charge in [-0.25, -0.2) is 4.98 Å². The van der Waals surface area contributed by atoms with Gasteiger partial charge in [0.1, 0.15) is 34.3 Å². The molecule has 0 saturated heterocycles. The molecule has 1 saturated carbocycles. The van der Waals surface area contributed by atoms with Crippen molar-refractivity contribution in [2.75, 3.05) is 5.73 Å². The van der Waals surface area contributed by atoms with E-state index in [1.165, 1.54) is 17.3 Å². The van der Waals surface area contributed by atoms with E-state index in [4.69, 9.17) is 5.73 Å². The van der Waals surface area contributed by atoms with E-state index < -0.39 is 0 Å². The Bertz CT molecular complexity index is 984. The highest BCUT2D eigenvalue weighted by atomic mass is 32.2. The van der Waals surface area contributed by atoms with Gasteiger partial charge in [-0.05, 0) is 29.9 Å². The molecule has 1 aliphatic carbocycles. The van der Waals surface area contributed by atoms with E-state index in [1.54, 1.807) is 0 Å². The van der Waals surface area contributed by atoms with Gasteiger partial charge in [0.25, 0.3) is 0 Å². The van der Waals surface area contributed by atoms with Crippen LogP contribution in [0.3, 0.4) is 0 Å². The first-order valence-electron chi connectivity index (χ1n) is 9.39. The van der Waals surface area contributed by atoms with E-state index >= 15 is 0 Å². The summed E-state index contributed by atoms with van der Waals surface area (Å²) in [5, 5.41) is 19.7.